The van der Waals surface area contributed by atoms with Crippen LogP contribution in [-0.4, -0.2) is 18.6 Å². The van der Waals surface area contributed by atoms with Gasteiger partial charge in [0.1, 0.15) is 0 Å². The van der Waals surface area contributed by atoms with Crippen LogP contribution in [0, 0.1) is 6.92 Å². The first kappa shape index (κ1) is 10.8. The maximum Gasteiger partial charge on any atom is 0.0947 e. The van der Waals surface area contributed by atoms with Gasteiger partial charge in [-0.15, -0.1) is 22.7 Å². The largest absolute Gasteiger partial charge is 0.319 e. The fourth-order valence-electron chi connectivity index (χ4n) is 1.43. The van der Waals surface area contributed by atoms with Crippen LogP contribution in [0.1, 0.15) is 10.7 Å². The third-order valence-corrected chi connectivity index (χ3v) is 4.44. The highest BCUT2D eigenvalue weighted by atomic mass is 32.1. The Morgan fingerprint density at radius 3 is 3.00 bits per heavy atom. The van der Waals surface area contributed by atoms with Crippen molar-refractivity contribution < 1.29 is 0 Å². The number of rotatable bonds is 4. The Morgan fingerprint density at radius 1 is 1.47 bits per heavy atom. The smallest absolute Gasteiger partial charge is 0.0947 e. The molecule has 2 rings (SSSR count). The molecule has 2 aromatic rings. The zero-order chi connectivity index (χ0) is 10.7. The first-order chi connectivity index (χ1) is 7.31. The van der Waals surface area contributed by atoms with Crippen molar-refractivity contribution in [3.63, 3.8) is 0 Å². The second-order valence-corrected chi connectivity index (χ2v) is 5.38. The molecule has 0 radical (unpaired) electrons. The first-order valence-corrected chi connectivity index (χ1v) is 6.65. The molecule has 0 atom stereocenters. The van der Waals surface area contributed by atoms with E-state index in [-0.39, 0.29) is 0 Å². The first-order valence-electron chi connectivity index (χ1n) is 4.96. The summed E-state index contributed by atoms with van der Waals surface area (Å²) in [4.78, 5) is 7.25. The summed E-state index contributed by atoms with van der Waals surface area (Å²) < 4.78 is 0. The maximum atomic E-state index is 4.59. The summed E-state index contributed by atoms with van der Waals surface area (Å²) in [6, 6.07) is 4.25. The molecule has 0 bridgehead atoms. The highest BCUT2D eigenvalue weighted by Crippen LogP contribution is 2.33. The van der Waals surface area contributed by atoms with Crippen molar-refractivity contribution >= 4 is 22.7 Å². The van der Waals surface area contributed by atoms with E-state index in [9.17, 15) is 0 Å². The lowest BCUT2D eigenvalue weighted by atomic mass is 10.3. The Kier molecular flexibility index (Phi) is 3.51. The minimum absolute atomic E-state index is 0.997. The van der Waals surface area contributed by atoms with E-state index in [0.29, 0.717) is 0 Å². The lowest BCUT2D eigenvalue weighted by molar-refractivity contribution is 0.786. The number of aryl methyl sites for hydroxylation is 1. The van der Waals surface area contributed by atoms with Gasteiger partial charge in [-0.3, -0.25) is 0 Å². The molecule has 4 heteroatoms. The van der Waals surface area contributed by atoms with E-state index in [1.54, 1.807) is 11.3 Å². The van der Waals surface area contributed by atoms with Gasteiger partial charge in [-0.05, 0) is 25.4 Å². The van der Waals surface area contributed by atoms with E-state index in [1.165, 1.54) is 14.8 Å². The predicted molar refractivity (Wildman–Crippen MR) is 67.8 cm³/mol. The van der Waals surface area contributed by atoms with Crippen molar-refractivity contribution in [3.8, 4) is 9.75 Å². The monoisotopic (exact) mass is 238 g/mol. The third-order valence-electron chi connectivity index (χ3n) is 2.17. The molecule has 15 heavy (non-hydrogen) atoms. The fraction of sp³-hybridized carbons (Fsp3) is 0.364. The molecule has 0 amide bonds. The summed E-state index contributed by atoms with van der Waals surface area (Å²) in [6.07, 6.45) is 1.02. The van der Waals surface area contributed by atoms with Gasteiger partial charge in [-0.2, -0.15) is 0 Å². The molecular weight excluding hydrogens is 224 g/mol. The van der Waals surface area contributed by atoms with Crippen LogP contribution in [0.25, 0.3) is 9.75 Å². The van der Waals surface area contributed by atoms with E-state index >= 15 is 0 Å². The normalized spacial score (nSPS) is 10.8. The van der Waals surface area contributed by atoms with Gasteiger partial charge in [-0.1, -0.05) is 6.07 Å². The lowest BCUT2D eigenvalue weighted by Crippen LogP contribution is -2.09. The number of thiophene rings is 1. The van der Waals surface area contributed by atoms with Crippen LogP contribution in [0.3, 0.4) is 0 Å². The number of thiazole rings is 1. The standard InChI is InChI=1S/C11H14N2S2/c1-8-11(9-4-3-7-14-9)15-10(13-8)5-6-12-2/h3-4,7,12H,5-6H2,1-2H3. The SMILES string of the molecule is CNCCc1nc(C)c(-c2cccs2)s1. The molecule has 80 valence electrons. The van der Waals surface area contributed by atoms with Crippen molar-refractivity contribution in [2.24, 2.45) is 0 Å². The summed E-state index contributed by atoms with van der Waals surface area (Å²) in [5.41, 5.74) is 1.16. The van der Waals surface area contributed by atoms with Crippen molar-refractivity contribution in [1.82, 2.24) is 10.3 Å². The summed E-state index contributed by atoms with van der Waals surface area (Å²) >= 11 is 3.60. The lowest BCUT2D eigenvalue weighted by Gasteiger charge is -1.92. The van der Waals surface area contributed by atoms with E-state index in [0.717, 1.165) is 18.7 Å². The topological polar surface area (TPSA) is 24.9 Å². The van der Waals surface area contributed by atoms with Gasteiger partial charge < -0.3 is 5.32 Å². The van der Waals surface area contributed by atoms with Gasteiger partial charge in [0, 0.05) is 17.8 Å². The van der Waals surface area contributed by atoms with Crippen molar-refractivity contribution in [2.75, 3.05) is 13.6 Å². The Labute approximate surface area is 98.0 Å². The summed E-state index contributed by atoms with van der Waals surface area (Å²) in [7, 11) is 1.97. The minimum Gasteiger partial charge on any atom is -0.319 e. The van der Waals surface area contributed by atoms with E-state index in [1.807, 2.05) is 18.4 Å². The average molecular weight is 238 g/mol. The molecule has 2 aromatic heterocycles. The highest BCUT2D eigenvalue weighted by molar-refractivity contribution is 7.21. The number of hydrogen-bond acceptors (Lipinski definition) is 4. The molecule has 0 aliphatic heterocycles. The summed E-state index contributed by atoms with van der Waals surface area (Å²) in [5.74, 6) is 0. The second kappa shape index (κ2) is 4.88. The van der Waals surface area contributed by atoms with Crippen molar-refractivity contribution in [3.05, 3.63) is 28.2 Å². The summed E-state index contributed by atoms with van der Waals surface area (Å²) in [6.45, 7) is 3.09. The number of aromatic nitrogens is 1. The molecule has 0 aromatic carbocycles. The quantitative estimate of drug-likeness (QED) is 0.886. The molecule has 0 unspecified atom stereocenters. The maximum absolute atomic E-state index is 4.59. The fourth-order valence-corrected chi connectivity index (χ4v) is 3.40. The van der Waals surface area contributed by atoms with E-state index < -0.39 is 0 Å². The number of hydrogen-bond donors (Lipinski definition) is 1. The molecule has 0 saturated heterocycles. The van der Waals surface area contributed by atoms with Crippen LogP contribution < -0.4 is 5.32 Å². The molecule has 0 aliphatic rings. The molecule has 0 fully saturated rings. The van der Waals surface area contributed by atoms with Gasteiger partial charge in [0.2, 0.25) is 0 Å². The second-order valence-electron chi connectivity index (χ2n) is 3.35. The van der Waals surface area contributed by atoms with Crippen molar-refractivity contribution in [2.45, 2.75) is 13.3 Å². The summed E-state index contributed by atoms with van der Waals surface area (Å²) in [5, 5.41) is 6.49. The van der Waals surface area contributed by atoms with Crippen LogP contribution in [0.2, 0.25) is 0 Å². The highest BCUT2D eigenvalue weighted by Gasteiger charge is 2.09. The Bertz CT molecular complexity index is 418. The van der Waals surface area contributed by atoms with Crippen LogP contribution in [0.4, 0.5) is 0 Å². The molecule has 2 heterocycles. The minimum atomic E-state index is 0.997. The zero-order valence-corrected chi connectivity index (χ0v) is 10.5. The number of nitrogens with zero attached hydrogens (tertiary/aromatic N) is 1. The number of likely N-dealkylation sites (N-methyl/N-ethyl adjacent to an activating group) is 1. The number of nitrogens with one attached hydrogen (secondary N) is 1. The van der Waals surface area contributed by atoms with Crippen LogP contribution in [0.15, 0.2) is 17.5 Å². The third kappa shape index (κ3) is 2.45. The Balaban J connectivity index is 2.22. The molecular formula is C11H14N2S2. The Morgan fingerprint density at radius 2 is 2.33 bits per heavy atom. The van der Waals surface area contributed by atoms with Gasteiger partial charge in [0.15, 0.2) is 0 Å². The molecule has 0 saturated carbocycles. The van der Waals surface area contributed by atoms with Gasteiger partial charge in [0.25, 0.3) is 0 Å². The zero-order valence-electron chi connectivity index (χ0n) is 8.91. The Hall–Kier alpha value is -0.710. The van der Waals surface area contributed by atoms with Crippen LogP contribution in [-0.2, 0) is 6.42 Å². The average Bonchev–Trinajstić information content (AvgIpc) is 2.83. The molecule has 0 aliphatic carbocycles. The van der Waals surface area contributed by atoms with Crippen LogP contribution >= 0.6 is 22.7 Å². The molecule has 1 N–H and O–H groups in total. The van der Waals surface area contributed by atoms with E-state index in [4.69, 9.17) is 0 Å². The van der Waals surface area contributed by atoms with Gasteiger partial charge >= 0.3 is 0 Å². The van der Waals surface area contributed by atoms with Gasteiger partial charge in [-0.25, -0.2) is 4.98 Å². The molecule has 0 spiro atoms. The van der Waals surface area contributed by atoms with Gasteiger partial charge in [0.05, 0.1) is 15.6 Å². The van der Waals surface area contributed by atoms with Crippen LogP contribution in [0.5, 0.6) is 0 Å². The molecule has 2 nitrogen and oxygen atoms in total. The predicted octanol–water partition coefficient (Wildman–Crippen LogP) is 2.94. The van der Waals surface area contributed by atoms with E-state index in [2.05, 4.69) is 34.7 Å². The van der Waals surface area contributed by atoms with Crippen molar-refractivity contribution in [1.29, 1.82) is 0 Å².